The van der Waals surface area contributed by atoms with Crippen LogP contribution in [0.25, 0.3) is 17.0 Å². The first-order valence-electron chi connectivity index (χ1n) is 9.22. The van der Waals surface area contributed by atoms with Crippen LogP contribution in [0.5, 0.6) is 0 Å². The van der Waals surface area contributed by atoms with Gasteiger partial charge in [-0.05, 0) is 37.6 Å². The fourth-order valence-electron chi connectivity index (χ4n) is 2.89. The summed E-state index contributed by atoms with van der Waals surface area (Å²) in [6.07, 6.45) is -2.23. The molecule has 0 bridgehead atoms. The van der Waals surface area contributed by atoms with Crippen molar-refractivity contribution >= 4 is 15.5 Å². The summed E-state index contributed by atoms with van der Waals surface area (Å²) in [6, 6.07) is 4.55. The molecule has 0 N–H and O–H groups in total. The van der Waals surface area contributed by atoms with Gasteiger partial charge in [-0.1, -0.05) is 6.92 Å². The zero-order chi connectivity index (χ0) is 24.1. The average molecular weight is 472 g/mol. The number of fused-ring (bicyclic) bond motifs is 1. The first kappa shape index (κ1) is 23.6. The number of nitriles is 1. The van der Waals surface area contributed by atoms with Crippen LogP contribution in [0.4, 0.5) is 22.0 Å². The first-order chi connectivity index (χ1) is 14.6. The number of aromatic nitrogens is 3. The van der Waals surface area contributed by atoms with E-state index in [-0.39, 0.29) is 27.7 Å². The van der Waals surface area contributed by atoms with E-state index in [1.807, 2.05) is 0 Å². The Bertz CT molecular complexity index is 1340. The number of rotatable bonds is 5. The van der Waals surface area contributed by atoms with Crippen LogP contribution in [-0.4, -0.2) is 34.7 Å². The number of pyridine rings is 2. The van der Waals surface area contributed by atoms with Crippen molar-refractivity contribution < 1.29 is 30.4 Å². The molecule has 6 nitrogen and oxygen atoms in total. The predicted molar refractivity (Wildman–Crippen MR) is 105 cm³/mol. The van der Waals surface area contributed by atoms with Gasteiger partial charge >= 0.3 is 12.1 Å². The van der Waals surface area contributed by atoms with Gasteiger partial charge in [0.05, 0.1) is 22.1 Å². The summed E-state index contributed by atoms with van der Waals surface area (Å²) in [4.78, 5) is 7.96. The summed E-state index contributed by atoms with van der Waals surface area (Å²) in [5.74, 6) is -5.37. The molecule has 0 saturated carbocycles. The largest absolute Gasteiger partial charge is 0.458 e. The van der Waals surface area contributed by atoms with Gasteiger partial charge in [-0.3, -0.25) is 4.98 Å². The van der Waals surface area contributed by atoms with Crippen LogP contribution in [0.1, 0.15) is 31.9 Å². The van der Waals surface area contributed by atoms with Crippen LogP contribution < -0.4 is 0 Å². The minimum absolute atomic E-state index is 0.0363. The number of halogens is 5. The van der Waals surface area contributed by atoms with Crippen molar-refractivity contribution in [1.29, 1.82) is 5.26 Å². The molecule has 0 aliphatic rings. The normalized spacial score (nSPS) is 13.3. The molecule has 0 aliphatic carbocycles. The van der Waals surface area contributed by atoms with Gasteiger partial charge in [0.15, 0.2) is 9.84 Å². The van der Waals surface area contributed by atoms with Crippen LogP contribution in [0.3, 0.4) is 0 Å². The van der Waals surface area contributed by atoms with Crippen LogP contribution in [0, 0.1) is 11.3 Å². The van der Waals surface area contributed by atoms with Gasteiger partial charge in [-0.2, -0.15) is 27.2 Å². The molecule has 0 atom stereocenters. The molecule has 0 radical (unpaired) electrons. The van der Waals surface area contributed by atoms with Gasteiger partial charge in [0.2, 0.25) is 0 Å². The van der Waals surface area contributed by atoms with E-state index in [4.69, 9.17) is 0 Å². The number of hydrogen-bond acceptors (Lipinski definition) is 5. The Labute approximate surface area is 180 Å². The number of hydrogen-bond donors (Lipinski definition) is 0. The Morgan fingerprint density at radius 1 is 1.12 bits per heavy atom. The molecule has 0 spiro atoms. The van der Waals surface area contributed by atoms with E-state index in [1.165, 1.54) is 29.8 Å². The Morgan fingerprint density at radius 2 is 1.78 bits per heavy atom. The molecule has 0 fully saturated rings. The monoisotopic (exact) mass is 472 g/mol. The van der Waals surface area contributed by atoms with Gasteiger partial charge < -0.3 is 4.40 Å². The maximum atomic E-state index is 13.7. The summed E-state index contributed by atoms with van der Waals surface area (Å²) in [7, 11) is -3.85. The molecule has 3 heterocycles. The zero-order valence-electron chi connectivity index (χ0n) is 17.1. The average Bonchev–Trinajstić information content (AvgIpc) is 3.15. The summed E-state index contributed by atoms with van der Waals surface area (Å²) in [5, 5.41) is 9.34. The van der Waals surface area contributed by atoms with Gasteiger partial charge in [-0.15, -0.1) is 0 Å². The topological polar surface area (TPSA) is 88.1 Å². The van der Waals surface area contributed by atoms with Crippen molar-refractivity contribution in [3.8, 4) is 17.5 Å². The molecule has 0 aromatic carbocycles. The molecule has 0 amide bonds. The van der Waals surface area contributed by atoms with E-state index in [1.54, 1.807) is 13.8 Å². The molecule has 170 valence electrons. The summed E-state index contributed by atoms with van der Waals surface area (Å²) < 4.78 is 92.1. The molecule has 3 aromatic rings. The van der Waals surface area contributed by atoms with Crippen molar-refractivity contribution in [3.05, 3.63) is 47.9 Å². The highest BCUT2D eigenvalue weighted by atomic mass is 32.2. The van der Waals surface area contributed by atoms with E-state index in [0.717, 1.165) is 6.20 Å². The lowest BCUT2D eigenvalue weighted by Gasteiger charge is -2.19. The highest BCUT2D eigenvalue weighted by Gasteiger charge is 2.58. The van der Waals surface area contributed by atoms with Crippen LogP contribution in [0.2, 0.25) is 0 Å². The van der Waals surface area contributed by atoms with E-state index in [9.17, 15) is 35.6 Å². The van der Waals surface area contributed by atoms with E-state index in [2.05, 4.69) is 16.0 Å². The standard InChI is InChI=1S/C20H17F5N4O2S/c1-4-32(30,31)15-7-13(18(2,3)11-26)9-27-17(15)14-10-29-6-5-12(8-16(29)28-14)19(21,22)20(23,24)25/h5-10H,4H2,1-3H3. The Morgan fingerprint density at radius 3 is 2.34 bits per heavy atom. The van der Waals surface area contributed by atoms with Crippen LogP contribution >= 0.6 is 0 Å². The number of sulfone groups is 1. The van der Waals surface area contributed by atoms with Crippen molar-refractivity contribution in [3.63, 3.8) is 0 Å². The van der Waals surface area contributed by atoms with Crippen molar-refractivity contribution in [1.82, 2.24) is 14.4 Å². The molecule has 0 unspecified atom stereocenters. The van der Waals surface area contributed by atoms with Crippen LogP contribution in [0.15, 0.2) is 41.7 Å². The fourth-order valence-corrected chi connectivity index (χ4v) is 3.96. The lowest BCUT2D eigenvalue weighted by atomic mass is 9.87. The van der Waals surface area contributed by atoms with Gasteiger partial charge in [0.25, 0.3) is 0 Å². The maximum absolute atomic E-state index is 13.7. The number of nitrogens with zero attached hydrogens (tertiary/aromatic N) is 4. The molecular formula is C20H17F5N4O2S. The van der Waals surface area contributed by atoms with Crippen molar-refractivity contribution in [2.24, 2.45) is 0 Å². The minimum atomic E-state index is -5.78. The smallest absolute Gasteiger partial charge is 0.306 e. The molecule has 3 aromatic heterocycles. The SMILES string of the molecule is CCS(=O)(=O)c1cc(C(C)(C)C#N)cnc1-c1cn2ccc(C(F)(F)C(F)(F)F)cc2n1. The lowest BCUT2D eigenvalue weighted by molar-refractivity contribution is -0.289. The summed E-state index contributed by atoms with van der Waals surface area (Å²) in [5.41, 5.74) is -2.38. The molecule has 3 rings (SSSR count). The maximum Gasteiger partial charge on any atom is 0.458 e. The third kappa shape index (κ3) is 3.92. The molecule has 0 saturated heterocycles. The highest BCUT2D eigenvalue weighted by Crippen LogP contribution is 2.44. The lowest BCUT2D eigenvalue weighted by Crippen LogP contribution is -2.33. The summed E-state index contributed by atoms with van der Waals surface area (Å²) >= 11 is 0. The number of alkyl halides is 5. The molecule has 0 aliphatic heterocycles. The third-order valence-corrected chi connectivity index (χ3v) is 6.73. The Hall–Kier alpha value is -3.07. The third-order valence-electron chi connectivity index (χ3n) is 4.99. The zero-order valence-corrected chi connectivity index (χ0v) is 17.9. The van der Waals surface area contributed by atoms with Crippen molar-refractivity contribution in [2.75, 3.05) is 5.75 Å². The van der Waals surface area contributed by atoms with E-state index in [0.29, 0.717) is 17.7 Å². The highest BCUT2D eigenvalue weighted by molar-refractivity contribution is 7.91. The second-order valence-corrected chi connectivity index (χ2v) is 9.84. The molecule has 32 heavy (non-hydrogen) atoms. The van der Waals surface area contributed by atoms with Gasteiger partial charge in [-0.25, -0.2) is 13.4 Å². The van der Waals surface area contributed by atoms with Crippen molar-refractivity contribution in [2.45, 2.75) is 43.2 Å². The first-order valence-corrected chi connectivity index (χ1v) is 10.9. The molecule has 12 heteroatoms. The second-order valence-electron chi connectivity index (χ2n) is 7.59. The fraction of sp³-hybridized carbons (Fsp3) is 0.350. The Kier molecular flexibility index (Phi) is 5.54. The van der Waals surface area contributed by atoms with Gasteiger partial charge in [0, 0.05) is 24.2 Å². The number of imidazole rings is 1. The van der Waals surface area contributed by atoms with E-state index >= 15 is 0 Å². The summed E-state index contributed by atoms with van der Waals surface area (Å²) in [6.45, 7) is 4.58. The predicted octanol–water partition coefficient (Wildman–Crippen LogP) is 4.65. The van der Waals surface area contributed by atoms with E-state index < -0.39 is 32.9 Å². The minimum Gasteiger partial charge on any atom is -0.306 e. The Balaban J connectivity index is 2.21. The molecular weight excluding hydrogens is 455 g/mol. The van der Waals surface area contributed by atoms with Crippen LogP contribution in [-0.2, 0) is 21.2 Å². The quantitative estimate of drug-likeness (QED) is 0.505. The van der Waals surface area contributed by atoms with Gasteiger partial charge in [0.1, 0.15) is 17.0 Å². The second kappa shape index (κ2) is 7.51.